The number of rotatable bonds is 9. The van der Waals surface area contributed by atoms with Gasteiger partial charge in [-0.15, -0.1) is 11.3 Å². The lowest BCUT2D eigenvalue weighted by Gasteiger charge is -2.17. The number of carboxylic acid groups (broad SMARTS) is 1. The van der Waals surface area contributed by atoms with Crippen LogP contribution in [0.5, 0.6) is 11.6 Å². The van der Waals surface area contributed by atoms with Gasteiger partial charge in [0, 0.05) is 12.6 Å². The maximum absolute atomic E-state index is 13.4. The first-order chi connectivity index (χ1) is 18.4. The highest BCUT2D eigenvalue weighted by molar-refractivity contribution is 9.10. The van der Waals surface area contributed by atoms with Crippen LogP contribution in [0.3, 0.4) is 0 Å². The van der Waals surface area contributed by atoms with Gasteiger partial charge in [0.1, 0.15) is 29.3 Å². The number of thiophene rings is 1. The Kier molecular flexibility index (Phi) is 7.77. The average Bonchev–Trinajstić information content (AvgIpc) is 3.25. The van der Waals surface area contributed by atoms with Gasteiger partial charge < -0.3 is 14.6 Å². The van der Waals surface area contributed by atoms with Crippen molar-refractivity contribution in [2.24, 2.45) is 0 Å². The molecule has 5 rings (SSSR count). The van der Waals surface area contributed by atoms with Gasteiger partial charge in [0.05, 0.1) is 20.4 Å². The van der Waals surface area contributed by atoms with Crippen LogP contribution in [-0.2, 0) is 17.8 Å². The van der Waals surface area contributed by atoms with Gasteiger partial charge in [0.2, 0.25) is 17.3 Å². The molecule has 0 saturated carbocycles. The Morgan fingerprint density at radius 2 is 1.89 bits per heavy atom. The Hall–Kier alpha value is -3.67. The van der Waals surface area contributed by atoms with E-state index in [1.54, 1.807) is 42.5 Å². The molecule has 3 heterocycles. The second kappa shape index (κ2) is 11.4. The molecule has 0 saturated heterocycles. The summed E-state index contributed by atoms with van der Waals surface area (Å²) in [5.74, 6) is -0.906. The van der Waals surface area contributed by atoms with Gasteiger partial charge in [-0.05, 0) is 62.9 Å². The number of carbonyl (C=O) groups is 1. The zero-order chi connectivity index (χ0) is 26.6. The summed E-state index contributed by atoms with van der Waals surface area (Å²) in [5, 5.41) is 10.6. The fraction of sp³-hybridized carbons (Fsp3) is 0.115. The van der Waals surface area contributed by atoms with E-state index in [2.05, 4.69) is 35.9 Å². The van der Waals surface area contributed by atoms with E-state index < -0.39 is 12.1 Å². The standard InChI is InChI=1S/C26H17BrClFN4O4S/c27-21-20-23(31-13-32-24(20)38-22(21)14-5-7-16(29)8-6-14)37-19(25(34)35)11-15-3-1-2-4-18(15)36-12-17-9-10-30-26(28)33-17/h1-10,13,19H,11-12H2,(H,34,35)/t19-/m1/s1. The van der Waals surface area contributed by atoms with Gasteiger partial charge in [-0.1, -0.05) is 30.3 Å². The maximum atomic E-state index is 13.4. The van der Waals surface area contributed by atoms with Gasteiger partial charge in [-0.3, -0.25) is 0 Å². The topological polar surface area (TPSA) is 107 Å². The van der Waals surface area contributed by atoms with Gasteiger partial charge in [0.15, 0.2) is 0 Å². The van der Waals surface area contributed by atoms with Crippen LogP contribution in [0, 0.1) is 5.82 Å². The highest BCUT2D eigenvalue weighted by Gasteiger charge is 2.26. The van der Waals surface area contributed by atoms with E-state index in [4.69, 9.17) is 21.1 Å². The van der Waals surface area contributed by atoms with Crippen LogP contribution in [0.15, 0.2) is 71.6 Å². The van der Waals surface area contributed by atoms with Crippen molar-refractivity contribution in [2.45, 2.75) is 19.1 Å². The van der Waals surface area contributed by atoms with Crippen molar-refractivity contribution in [2.75, 3.05) is 0 Å². The van der Waals surface area contributed by atoms with Crippen molar-refractivity contribution < 1.29 is 23.8 Å². The number of fused-ring (bicyclic) bond motifs is 1. The molecule has 5 aromatic rings. The summed E-state index contributed by atoms with van der Waals surface area (Å²) in [4.78, 5) is 30.1. The van der Waals surface area contributed by atoms with Crippen molar-refractivity contribution in [3.8, 4) is 22.1 Å². The first-order valence-electron chi connectivity index (χ1n) is 11.2. The Morgan fingerprint density at radius 3 is 2.66 bits per heavy atom. The van der Waals surface area contributed by atoms with Crippen molar-refractivity contribution >= 4 is 55.1 Å². The Balaban J connectivity index is 1.41. The van der Waals surface area contributed by atoms with Crippen molar-refractivity contribution in [3.63, 3.8) is 0 Å². The number of nitrogens with zero attached hydrogens (tertiary/aromatic N) is 4. The molecule has 0 spiro atoms. The van der Waals surface area contributed by atoms with E-state index in [-0.39, 0.29) is 30.0 Å². The summed E-state index contributed by atoms with van der Waals surface area (Å²) in [6.07, 6.45) is 1.58. The summed E-state index contributed by atoms with van der Waals surface area (Å²) >= 11 is 10.8. The zero-order valence-electron chi connectivity index (χ0n) is 19.3. The number of para-hydroxylation sites is 1. The summed E-state index contributed by atoms with van der Waals surface area (Å²) in [6.45, 7) is 0.123. The number of ether oxygens (including phenoxy) is 2. The van der Waals surface area contributed by atoms with E-state index >= 15 is 0 Å². The molecule has 3 aromatic heterocycles. The monoisotopic (exact) mass is 614 g/mol. The molecule has 0 amide bonds. The van der Waals surface area contributed by atoms with E-state index in [1.807, 2.05) is 0 Å². The Labute approximate surface area is 233 Å². The van der Waals surface area contributed by atoms with Gasteiger partial charge in [-0.25, -0.2) is 29.1 Å². The Morgan fingerprint density at radius 1 is 1.11 bits per heavy atom. The van der Waals surface area contributed by atoms with E-state index in [1.165, 1.54) is 36.0 Å². The SMILES string of the molecule is O=C(O)[C@@H](Cc1ccccc1OCc1ccnc(Cl)n1)Oc1ncnc2sc(-c3ccc(F)cc3)c(Br)c12. The minimum Gasteiger partial charge on any atom is -0.487 e. The normalized spacial score (nSPS) is 11.9. The lowest BCUT2D eigenvalue weighted by Crippen LogP contribution is -2.30. The molecule has 1 N–H and O–H groups in total. The third kappa shape index (κ3) is 5.74. The molecule has 0 fully saturated rings. The molecular formula is C26H17BrClFN4O4S. The first-order valence-corrected chi connectivity index (χ1v) is 13.1. The zero-order valence-corrected chi connectivity index (χ0v) is 22.5. The first kappa shape index (κ1) is 26.0. The lowest BCUT2D eigenvalue weighted by atomic mass is 10.1. The third-order valence-electron chi connectivity index (χ3n) is 5.47. The third-order valence-corrected chi connectivity index (χ3v) is 7.85. The molecule has 0 radical (unpaired) electrons. The average molecular weight is 616 g/mol. The number of hydrogen-bond acceptors (Lipinski definition) is 8. The molecule has 1 atom stereocenters. The largest absolute Gasteiger partial charge is 0.487 e. The summed E-state index contributed by atoms with van der Waals surface area (Å²) in [5.41, 5.74) is 1.98. The summed E-state index contributed by atoms with van der Waals surface area (Å²) < 4.78 is 25.9. The molecule has 8 nitrogen and oxygen atoms in total. The molecule has 38 heavy (non-hydrogen) atoms. The highest BCUT2D eigenvalue weighted by Crippen LogP contribution is 2.44. The number of benzene rings is 2. The number of aliphatic carboxylic acids is 1. The Bertz CT molecular complexity index is 1620. The molecule has 2 aromatic carbocycles. The fourth-order valence-corrected chi connectivity index (χ4v) is 5.83. The molecule has 0 unspecified atom stereocenters. The second-order valence-electron chi connectivity index (χ2n) is 7.97. The molecule has 0 aliphatic heterocycles. The highest BCUT2D eigenvalue weighted by atomic mass is 79.9. The van der Waals surface area contributed by atoms with Gasteiger partial charge >= 0.3 is 5.97 Å². The van der Waals surface area contributed by atoms with Crippen LogP contribution in [0.1, 0.15) is 11.3 Å². The minimum atomic E-state index is -1.27. The lowest BCUT2D eigenvalue weighted by molar-refractivity contribution is -0.145. The van der Waals surface area contributed by atoms with Crippen molar-refractivity contribution in [1.82, 2.24) is 19.9 Å². The molecular weight excluding hydrogens is 599 g/mol. The van der Waals surface area contributed by atoms with E-state index in [0.29, 0.717) is 31.7 Å². The molecule has 0 aliphatic carbocycles. The number of hydrogen-bond donors (Lipinski definition) is 1. The van der Waals surface area contributed by atoms with Crippen LogP contribution in [0.25, 0.3) is 20.7 Å². The number of halogens is 3. The number of aromatic nitrogens is 4. The molecule has 0 aliphatic rings. The van der Waals surface area contributed by atoms with Crippen LogP contribution < -0.4 is 9.47 Å². The summed E-state index contributed by atoms with van der Waals surface area (Å²) in [7, 11) is 0. The minimum absolute atomic E-state index is 0.00804. The van der Waals surface area contributed by atoms with E-state index in [9.17, 15) is 14.3 Å². The van der Waals surface area contributed by atoms with Gasteiger partial charge in [0.25, 0.3) is 0 Å². The van der Waals surface area contributed by atoms with Crippen molar-refractivity contribution in [3.05, 3.63) is 94.0 Å². The second-order valence-corrected chi connectivity index (χ2v) is 10.1. The summed E-state index contributed by atoms with van der Waals surface area (Å²) in [6, 6.07) is 14.8. The fourth-order valence-electron chi connectivity index (χ4n) is 3.68. The van der Waals surface area contributed by atoms with E-state index in [0.717, 1.165) is 10.4 Å². The van der Waals surface area contributed by atoms with Crippen LogP contribution in [-0.4, -0.2) is 37.1 Å². The quantitative estimate of drug-likeness (QED) is 0.191. The maximum Gasteiger partial charge on any atom is 0.345 e. The predicted molar refractivity (Wildman–Crippen MR) is 144 cm³/mol. The molecule has 192 valence electrons. The van der Waals surface area contributed by atoms with Crippen LogP contribution >= 0.6 is 38.9 Å². The number of carboxylic acids is 1. The molecule has 0 bridgehead atoms. The van der Waals surface area contributed by atoms with Crippen LogP contribution in [0.2, 0.25) is 5.28 Å². The predicted octanol–water partition coefficient (Wildman–Crippen LogP) is 6.36. The van der Waals surface area contributed by atoms with Gasteiger partial charge in [-0.2, -0.15) is 0 Å². The van der Waals surface area contributed by atoms with Crippen molar-refractivity contribution in [1.29, 1.82) is 0 Å². The van der Waals surface area contributed by atoms with Crippen LogP contribution in [0.4, 0.5) is 4.39 Å². The smallest absolute Gasteiger partial charge is 0.345 e. The molecule has 12 heteroatoms.